The fourth-order valence-corrected chi connectivity index (χ4v) is 1.74. The number of aryl methyl sites for hydroxylation is 1. The lowest BCUT2D eigenvalue weighted by Gasteiger charge is -2.00. The SMILES string of the molecule is CCc1ccc(/[C]=N\OCc2cccc(C#N)c2)cc1. The standard InChI is InChI=1S/C17H15N2O/c1-2-14-6-8-15(9-7-14)12-19-20-13-17-5-3-4-16(10-17)11-18/h3-10H,2,13H2,1H3. The normalized spacial score (nSPS) is 10.4. The van der Waals surface area contributed by atoms with Crippen LogP contribution in [0.1, 0.15) is 29.2 Å². The van der Waals surface area contributed by atoms with Gasteiger partial charge in [0.15, 0.2) is 0 Å². The number of benzene rings is 2. The van der Waals surface area contributed by atoms with Gasteiger partial charge in [-0.3, -0.25) is 0 Å². The number of nitriles is 1. The van der Waals surface area contributed by atoms with Gasteiger partial charge in [0.25, 0.3) is 0 Å². The summed E-state index contributed by atoms with van der Waals surface area (Å²) in [6.45, 7) is 2.45. The maximum absolute atomic E-state index is 8.80. The topological polar surface area (TPSA) is 45.4 Å². The second-order valence-corrected chi connectivity index (χ2v) is 4.34. The second-order valence-electron chi connectivity index (χ2n) is 4.34. The predicted molar refractivity (Wildman–Crippen MR) is 78.3 cm³/mol. The lowest BCUT2D eigenvalue weighted by molar-refractivity contribution is 0.132. The molecule has 0 aliphatic rings. The molecule has 0 heterocycles. The third-order valence-corrected chi connectivity index (χ3v) is 2.89. The Morgan fingerprint density at radius 3 is 2.55 bits per heavy atom. The molecule has 1 radical (unpaired) electrons. The Labute approximate surface area is 119 Å². The summed E-state index contributed by atoms with van der Waals surface area (Å²) in [5, 5.41) is 12.6. The first-order chi connectivity index (χ1) is 9.81. The van der Waals surface area contributed by atoms with Crippen LogP contribution < -0.4 is 0 Å². The van der Waals surface area contributed by atoms with Crippen LogP contribution in [0.3, 0.4) is 0 Å². The molecule has 2 rings (SSSR count). The number of hydrogen-bond acceptors (Lipinski definition) is 3. The van der Waals surface area contributed by atoms with E-state index >= 15 is 0 Å². The van der Waals surface area contributed by atoms with Gasteiger partial charge in [-0.2, -0.15) is 5.26 Å². The first-order valence-electron chi connectivity index (χ1n) is 6.48. The molecule has 0 saturated carbocycles. The Morgan fingerprint density at radius 2 is 1.85 bits per heavy atom. The van der Waals surface area contributed by atoms with Gasteiger partial charge in [-0.05, 0) is 29.7 Å². The Kier molecular flexibility index (Phi) is 4.91. The van der Waals surface area contributed by atoms with Crippen LogP contribution in [0.25, 0.3) is 0 Å². The molecule has 0 fully saturated rings. The minimum absolute atomic E-state index is 0.329. The molecular formula is C17H15N2O. The molecule has 0 bridgehead atoms. The Morgan fingerprint density at radius 1 is 1.05 bits per heavy atom. The van der Waals surface area contributed by atoms with Crippen molar-refractivity contribution in [1.82, 2.24) is 0 Å². The highest BCUT2D eigenvalue weighted by molar-refractivity contribution is 5.79. The van der Waals surface area contributed by atoms with E-state index in [4.69, 9.17) is 10.1 Å². The highest BCUT2D eigenvalue weighted by Crippen LogP contribution is 2.06. The van der Waals surface area contributed by atoms with Crippen LogP contribution in [-0.2, 0) is 17.9 Å². The van der Waals surface area contributed by atoms with E-state index in [9.17, 15) is 0 Å². The Balaban J connectivity index is 1.88. The monoisotopic (exact) mass is 263 g/mol. The van der Waals surface area contributed by atoms with Gasteiger partial charge in [0, 0.05) is 5.56 Å². The van der Waals surface area contributed by atoms with Gasteiger partial charge in [0.05, 0.1) is 11.6 Å². The van der Waals surface area contributed by atoms with E-state index in [2.05, 4.69) is 24.4 Å². The summed E-state index contributed by atoms with van der Waals surface area (Å²) in [5.41, 5.74) is 3.70. The van der Waals surface area contributed by atoms with Crippen molar-refractivity contribution in [3.63, 3.8) is 0 Å². The summed E-state index contributed by atoms with van der Waals surface area (Å²) in [5.74, 6) is 0. The molecule has 0 aliphatic heterocycles. The van der Waals surface area contributed by atoms with Crippen molar-refractivity contribution in [2.45, 2.75) is 20.0 Å². The quantitative estimate of drug-likeness (QED) is 0.611. The van der Waals surface area contributed by atoms with Crippen molar-refractivity contribution >= 4 is 6.21 Å². The third kappa shape index (κ3) is 3.96. The van der Waals surface area contributed by atoms with Gasteiger partial charge in [-0.25, -0.2) is 0 Å². The lowest BCUT2D eigenvalue weighted by Crippen LogP contribution is -1.89. The van der Waals surface area contributed by atoms with E-state index < -0.39 is 0 Å². The Bertz CT molecular complexity index is 624. The van der Waals surface area contributed by atoms with Crippen LogP contribution in [0.2, 0.25) is 0 Å². The van der Waals surface area contributed by atoms with E-state index in [1.54, 1.807) is 12.1 Å². The van der Waals surface area contributed by atoms with Crippen molar-refractivity contribution in [2.75, 3.05) is 0 Å². The van der Waals surface area contributed by atoms with E-state index in [0.29, 0.717) is 12.2 Å². The molecule has 0 atom stereocenters. The van der Waals surface area contributed by atoms with Gasteiger partial charge in [-0.15, -0.1) is 0 Å². The molecule has 0 spiro atoms. The molecule has 3 nitrogen and oxygen atoms in total. The van der Waals surface area contributed by atoms with E-state index in [-0.39, 0.29) is 0 Å². The van der Waals surface area contributed by atoms with Crippen molar-refractivity contribution in [3.05, 3.63) is 70.8 Å². The number of rotatable bonds is 5. The maximum Gasteiger partial charge on any atom is 0.142 e. The fraction of sp³-hybridized carbons (Fsp3) is 0.176. The molecule has 3 heteroatoms. The van der Waals surface area contributed by atoms with E-state index in [1.165, 1.54) is 5.56 Å². The van der Waals surface area contributed by atoms with Crippen molar-refractivity contribution in [2.24, 2.45) is 5.16 Å². The molecule has 0 aromatic heterocycles. The van der Waals surface area contributed by atoms with Crippen LogP contribution in [0.4, 0.5) is 0 Å². The first-order valence-corrected chi connectivity index (χ1v) is 6.48. The molecule has 2 aromatic carbocycles. The fourth-order valence-electron chi connectivity index (χ4n) is 1.74. The van der Waals surface area contributed by atoms with Crippen LogP contribution in [0.15, 0.2) is 53.7 Å². The largest absolute Gasteiger partial charge is 0.390 e. The highest BCUT2D eigenvalue weighted by Gasteiger charge is 1.95. The summed E-state index contributed by atoms with van der Waals surface area (Å²) < 4.78 is 0. The second kappa shape index (κ2) is 7.10. The lowest BCUT2D eigenvalue weighted by atomic mass is 10.1. The van der Waals surface area contributed by atoms with E-state index in [0.717, 1.165) is 17.5 Å². The molecule has 0 aliphatic carbocycles. The summed E-state index contributed by atoms with van der Waals surface area (Å²) in [7, 11) is 0. The summed E-state index contributed by atoms with van der Waals surface area (Å²) in [4.78, 5) is 5.18. The molecule has 0 saturated heterocycles. The molecule has 20 heavy (non-hydrogen) atoms. The zero-order valence-corrected chi connectivity index (χ0v) is 11.3. The van der Waals surface area contributed by atoms with Crippen LogP contribution >= 0.6 is 0 Å². The first kappa shape index (κ1) is 13.8. The number of hydrogen-bond donors (Lipinski definition) is 0. The smallest absolute Gasteiger partial charge is 0.142 e. The Hall–Kier alpha value is -2.60. The van der Waals surface area contributed by atoms with Gasteiger partial charge < -0.3 is 4.84 Å². The van der Waals surface area contributed by atoms with Gasteiger partial charge >= 0.3 is 0 Å². The minimum Gasteiger partial charge on any atom is -0.390 e. The summed E-state index contributed by atoms with van der Waals surface area (Å²) in [6.07, 6.45) is 3.85. The van der Waals surface area contributed by atoms with E-state index in [1.807, 2.05) is 36.4 Å². The maximum atomic E-state index is 8.80. The van der Waals surface area contributed by atoms with Gasteiger partial charge in [0.1, 0.15) is 12.8 Å². The van der Waals surface area contributed by atoms with Crippen molar-refractivity contribution < 1.29 is 4.84 Å². The van der Waals surface area contributed by atoms with Gasteiger partial charge in [-0.1, -0.05) is 48.5 Å². The van der Waals surface area contributed by atoms with Crippen LogP contribution in [0, 0.1) is 11.3 Å². The number of nitrogens with zero attached hydrogens (tertiary/aromatic N) is 2. The molecule has 99 valence electrons. The van der Waals surface area contributed by atoms with Crippen LogP contribution in [0.5, 0.6) is 0 Å². The molecule has 0 N–H and O–H groups in total. The highest BCUT2D eigenvalue weighted by atomic mass is 16.6. The molecule has 2 aromatic rings. The summed E-state index contributed by atoms with van der Waals surface area (Å²) in [6, 6.07) is 17.4. The predicted octanol–water partition coefficient (Wildman–Crippen LogP) is 3.55. The van der Waals surface area contributed by atoms with Crippen LogP contribution in [-0.4, -0.2) is 6.21 Å². The average molecular weight is 263 g/mol. The zero-order valence-electron chi connectivity index (χ0n) is 11.3. The van der Waals surface area contributed by atoms with Crippen molar-refractivity contribution in [1.29, 1.82) is 5.26 Å². The molecular weight excluding hydrogens is 248 g/mol. The van der Waals surface area contributed by atoms with Crippen molar-refractivity contribution in [3.8, 4) is 6.07 Å². The average Bonchev–Trinajstić information content (AvgIpc) is 2.52. The minimum atomic E-state index is 0.329. The summed E-state index contributed by atoms with van der Waals surface area (Å²) >= 11 is 0. The molecule has 0 amide bonds. The third-order valence-electron chi connectivity index (χ3n) is 2.89. The molecule has 0 unspecified atom stereocenters. The van der Waals surface area contributed by atoms with Gasteiger partial charge in [0.2, 0.25) is 0 Å². The zero-order chi connectivity index (χ0) is 14.2.